The van der Waals surface area contributed by atoms with Gasteiger partial charge < -0.3 is 15.1 Å². The lowest BCUT2D eigenvalue weighted by Gasteiger charge is -2.30. The zero-order valence-electron chi connectivity index (χ0n) is 12.5. The highest BCUT2D eigenvalue weighted by atomic mass is 15.3. The molecule has 0 amide bonds. The minimum atomic E-state index is 0.482. The molecule has 0 aromatic carbocycles. The van der Waals surface area contributed by atoms with E-state index in [2.05, 4.69) is 52.9 Å². The zero-order valence-corrected chi connectivity index (χ0v) is 12.5. The van der Waals surface area contributed by atoms with E-state index < -0.39 is 0 Å². The number of likely N-dealkylation sites (N-methyl/N-ethyl adjacent to an activating group) is 1. The summed E-state index contributed by atoms with van der Waals surface area (Å²) in [6.07, 6.45) is 3.10. The number of aryl methyl sites for hydroxylation is 1. The molecule has 106 valence electrons. The van der Waals surface area contributed by atoms with Crippen molar-refractivity contribution < 1.29 is 0 Å². The van der Waals surface area contributed by atoms with Gasteiger partial charge in [0.05, 0.1) is 0 Å². The van der Waals surface area contributed by atoms with Crippen LogP contribution in [0.15, 0.2) is 6.20 Å². The summed E-state index contributed by atoms with van der Waals surface area (Å²) in [6.45, 7) is 10.6. The van der Waals surface area contributed by atoms with Crippen LogP contribution in [0.25, 0.3) is 0 Å². The molecular formula is C14H25N5. The maximum atomic E-state index is 4.69. The molecule has 1 saturated heterocycles. The molecule has 2 rings (SSSR count). The third-order valence-electron chi connectivity index (χ3n) is 3.60. The Kier molecular flexibility index (Phi) is 4.58. The Balaban J connectivity index is 2.25. The van der Waals surface area contributed by atoms with Crippen molar-refractivity contribution in [2.24, 2.45) is 0 Å². The van der Waals surface area contributed by atoms with Crippen molar-refractivity contribution in [1.29, 1.82) is 0 Å². The van der Waals surface area contributed by atoms with Gasteiger partial charge in [-0.15, -0.1) is 0 Å². The largest absolute Gasteiger partial charge is 0.354 e. The van der Waals surface area contributed by atoms with E-state index in [0.717, 1.165) is 43.5 Å². The number of rotatable bonds is 3. The fraction of sp³-hybridized carbons (Fsp3) is 0.714. The highest BCUT2D eigenvalue weighted by Crippen LogP contribution is 2.22. The van der Waals surface area contributed by atoms with Crippen molar-refractivity contribution in [3.05, 3.63) is 11.8 Å². The summed E-state index contributed by atoms with van der Waals surface area (Å²) in [5.41, 5.74) is 1.15. The number of anilines is 2. The molecule has 1 aromatic heterocycles. The predicted octanol–water partition coefficient (Wildman–Crippen LogP) is 1.75. The lowest BCUT2D eigenvalue weighted by molar-refractivity contribution is 0.337. The first-order valence-corrected chi connectivity index (χ1v) is 7.14. The third-order valence-corrected chi connectivity index (χ3v) is 3.60. The summed E-state index contributed by atoms with van der Waals surface area (Å²) in [4.78, 5) is 13.8. The number of aromatic nitrogens is 2. The van der Waals surface area contributed by atoms with Gasteiger partial charge in [-0.1, -0.05) is 0 Å². The van der Waals surface area contributed by atoms with Crippen molar-refractivity contribution in [2.45, 2.75) is 33.2 Å². The maximum Gasteiger partial charge on any atom is 0.224 e. The van der Waals surface area contributed by atoms with E-state index >= 15 is 0 Å². The van der Waals surface area contributed by atoms with Gasteiger partial charge in [0, 0.05) is 37.4 Å². The van der Waals surface area contributed by atoms with Gasteiger partial charge >= 0.3 is 0 Å². The van der Waals surface area contributed by atoms with Gasteiger partial charge in [0.15, 0.2) is 0 Å². The molecule has 1 fully saturated rings. The van der Waals surface area contributed by atoms with Gasteiger partial charge in [0.1, 0.15) is 5.82 Å². The van der Waals surface area contributed by atoms with Crippen molar-refractivity contribution in [3.8, 4) is 0 Å². The lowest BCUT2D eigenvalue weighted by Crippen LogP contribution is -2.39. The van der Waals surface area contributed by atoms with E-state index in [1.807, 2.05) is 6.20 Å². The molecule has 0 radical (unpaired) electrons. The van der Waals surface area contributed by atoms with Gasteiger partial charge in [0.25, 0.3) is 0 Å². The molecule has 1 aromatic rings. The van der Waals surface area contributed by atoms with Gasteiger partial charge in [-0.05, 0) is 40.8 Å². The number of hydrogen-bond donors (Lipinski definition) is 1. The van der Waals surface area contributed by atoms with Gasteiger partial charge in [-0.25, -0.2) is 4.98 Å². The Hall–Kier alpha value is -1.36. The third kappa shape index (κ3) is 3.35. The molecule has 19 heavy (non-hydrogen) atoms. The van der Waals surface area contributed by atoms with Crippen molar-refractivity contribution in [2.75, 3.05) is 43.4 Å². The summed E-state index contributed by atoms with van der Waals surface area (Å²) in [7, 11) is 2.19. The van der Waals surface area contributed by atoms with Crippen LogP contribution in [-0.2, 0) is 0 Å². The predicted molar refractivity (Wildman–Crippen MR) is 79.9 cm³/mol. The molecule has 0 spiro atoms. The fourth-order valence-corrected chi connectivity index (χ4v) is 2.65. The molecule has 5 heteroatoms. The SMILES string of the molecule is CCNc1ncc(C)c(N2CCCN(C)CC2C)n1. The topological polar surface area (TPSA) is 44.3 Å². The van der Waals surface area contributed by atoms with Crippen LogP contribution < -0.4 is 10.2 Å². The molecule has 1 aliphatic rings. The molecule has 1 N–H and O–H groups in total. The fourth-order valence-electron chi connectivity index (χ4n) is 2.65. The van der Waals surface area contributed by atoms with Crippen LogP contribution in [0.5, 0.6) is 0 Å². The molecule has 0 bridgehead atoms. The Morgan fingerprint density at radius 1 is 1.42 bits per heavy atom. The number of nitrogens with one attached hydrogen (secondary N) is 1. The molecular weight excluding hydrogens is 238 g/mol. The maximum absolute atomic E-state index is 4.69. The van der Waals surface area contributed by atoms with E-state index in [-0.39, 0.29) is 0 Å². The van der Waals surface area contributed by atoms with Crippen LogP contribution in [0.3, 0.4) is 0 Å². The average Bonchev–Trinajstić information content (AvgIpc) is 2.53. The first kappa shape index (κ1) is 14.1. The average molecular weight is 263 g/mol. The Labute approximate surface area is 116 Å². The molecule has 5 nitrogen and oxygen atoms in total. The first-order valence-electron chi connectivity index (χ1n) is 7.14. The second kappa shape index (κ2) is 6.19. The summed E-state index contributed by atoms with van der Waals surface area (Å²) < 4.78 is 0. The van der Waals surface area contributed by atoms with Crippen molar-refractivity contribution in [3.63, 3.8) is 0 Å². The van der Waals surface area contributed by atoms with E-state index in [9.17, 15) is 0 Å². The minimum Gasteiger partial charge on any atom is -0.354 e. The summed E-state index contributed by atoms with van der Waals surface area (Å²) >= 11 is 0. The van der Waals surface area contributed by atoms with Crippen LogP contribution in [-0.4, -0.2) is 54.1 Å². The van der Waals surface area contributed by atoms with Crippen molar-refractivity contribution in [1.82, 2.24) is 14.9 Å². The molecule has 1 aliphatic heterocycles. The normalized spacial score (nSPS) is 21.3. The summed E-state index contributed by atoms with van der Waals surface area (Å²) in [5, 5.41) is 3.19. The van der Waals surface area contributed by atoms with Crippen LogP contribution in [0.4, 0.5) is 11.8 Å². The van der Waals surface area contributed by atoms with Gasteiger partial charge in [-0.3, -0.25) is 0 Å². The quantitative estimate of drug-likeness (QED) is 0.900. The minimum absolute atomic E-state index is 0.482. The Morgan fingerprint density at radius 3 is 2.95 bits per heavy atom. The number of nitrogens with zero attached hydrogens (tertiary/aromatic N) is 4. The standard InChI is InChI=1S/C14H25N5/c1-5-15-14-16-9-11(2)13(17-14)19-8-6-7-18(4)10-12(19)3/h9,12H,5-8,10H2,1-4H3,(H,15,16,17). The van der Waals surface area contributed by atoms with E-state index in [1.54, 1.807) is 0 Å². The summed E-state index contributed by atoms with van der Waals surface area (Å²) in [6, 6.07) is 0.482. The van der Waals surface area contributed by atoms with E-state index in [4.69, 9.17) is 0 Å². The highest BCUT2D eigenvalue weighted by molar-refractivity contribution is 5.50. The first-order chi connectivity index (χ1) is 9.11. The van der Waals surface area contributed by atoms with Crippen molar-refractivity contribution >= 4 is 11.8 Å². The Morgan fingerprint density at radius 2 is 2.21 bits per heavy atom. The lowest BCUT2D eigenvalue weighted by atomic mass is 10.2. The summed E-state index contributed by atoms with van der Waals surface area (Å²) in [5.74, 6) is 1.81. The molecule has 0 aliphatic carbocycles. The molecule has 1 atom stereocenters. The van der Waals surface area contributed by atoms with E-state index in [0.29, 0.717) is 6.04 Å². The monoisotopic (exact) mass is 263 g/mol. The highest BCUT2D eigenvalue weighted by Gasteiger charge is 2.22. The molecule has 1 unspecified atom stereocenters. The van der Waals surface area contributed by atoms with Gasteiger partial charge in [-0.2, -0.15) is 4.98 Å². The number of hydrogen-bond acceptors (Lipinski definition) is 5. The molecule has 0 saturated carbocycles. The van der Waals surface area contributed by atoms with Gasteiger partial charge in [0.2, 0.25) is 5.95 Å². The van der Waals surface area contributed by atoms with E-state index in [1.165, 1.54) is 6.42 Å². The van der Waals surface area contributed by atoms with Crippen LogP contribution >= 0.6 is 0 Å². The Bertz CT molecular complexity index is 420. The van der Waals surface area contributed by atoms with Crippen LogP contribution in [0, 0.1) is 6.92 Å². The second-order valence-electron chi connectivity index (χ2n) is 5.39. The van der Waals surface area contributed by atoms with Crippen LogP contribution in [0.1, 0.15) is 25.8 Å². The molecule has 2 heterocycles. The second-order valence-corrected chi connectivity index (χ2v) is 5.39. The smallest absolute Gasteiger partial charge is 0.224 e. The van der Waals surface area contributed by atoms with Crippen LogP contribution in [0.2, 0.25) is 0 Å². The zero-order chi connectivity index (χ0) is 13.8.